The number of thioether (sulfide) groups is 1. The van der Waals surface area contributed by atoms with E-state index in [1.165, 1.54) is 6.92 Å². The number of hydrogen-bond acceptors (Lipinski definition) is 8. The normalized spacial score (nSPS) is 22.9. The van der Waals surface area contributed by atoms with Gasteiger partial charge in [-0.1, -0.05) is 6.42 Å². The van der Waals surface area contributed by atoms with Gasteiger partial charge in [0.15, 0.2) is 5.78 Å². The summed E-state index contributed by atoms with van der Waals surface area (Å²) in [5.74, 6) is -0.0421. The first-order valence-electron chi connectivity index (χ1n) is 10.4. The Morgan fingerprint density at radius 1 is 1.00 bits per heavy atom. The number of Topliss-reactive ketones (excluding diaryl/α,β-unsaturated/α-hetero) is 4. The molecule has 0 radical (unpaired) electrons. The van der Waals surface area contributed by atoms with Crippen molar-refractivity contribution in [3.05, 3.63) is 0 Å². The average molecular weight is 441 g/mol. The second-order valence-electron chi connectivity index (χ2n) is 8.29. The van der Waals surface area contributed by atoms with Crippen molar-refractivity contribution >= 4 is 40.9 Å². The number of carbonyl (C=O) groups is 5. The molecule has 0 aromatic rings. The molecule has 30 heavy (non-hydrogen) atoms. The lowest BCUT2D eigenvalue weighted by Crippen LogP contribution is -2.57. The minimum absolute atomic E-state index is 0.0264. The van der Waals surface area contributed by atoms with Gasteiger partial charge in [0.2, 0.25) is 0 Å². The Bertz CT molecular complexity index is 697. The van der Waals surface area contributed by atoms with Crippen molar-refractivity contribution in [3.8, 4) is 0 Å². The minimum atomic E-state index is -1.73. The van der Waals surface area contributed by atoms with Crippen LogP contribution < -0.4 is 22.1 Å². The quantitative estimate of drug-likeness (QED) is 0.173. The largest absolute Gasteiger partial charge is 0.332 e. The summed E-state index contributed by atoms with van der Waals surface area (Å²) in [6, 6.07) is 0.194. The van der Waals surface area contributed by atoms with Crippen molar-refractivity contribution < 1.29 is 24.0 Å². The summed E-state index contributed by atoms with van der Waals surface area (Å²) in [5, 5.41) is 6.16. The fourth-order valence-electron chi connectivity index (χ4n) is 3.74. The maximum absolute atomic E-state index is 12.4. The fraction of sp³-hybridized carbons (Fsp3) is 0.750. The Labute approximate surface area is 180 Å². The van der Waals surface area contributed by atoms with Crippen LogP contribution in [0, 0.1) is 0 Å². The highest BCUT2D eigenvalue weighted by atomic mass is 32.2. The van der Waals surface area contributed by atoms with E-state index in [1.807, 2.05) is 11.8 Å². The van der Waals surface area contributed by atoms with E-state index in [0.29, 0.717) is 11.7 Å². The smallest absolute Gasteiger partial charge is 0.315 e. The molecule has 2 heterocycles. The number of carbonyl (C=O) groups excluding carboxylic acids is 5. The van der Waals surface area contributed by atoms with Crippen molar-refractivity contribution in [2.45, 2.75) is 87.7 Å². The van der Waals surface area contributed by atoms with Crippen molar-refractivity contribution in [1.82, 2.24) is 10.6 Å². The maximum atomic E-state index is 12.4. The molecule has 6 N–H and O–H groups in total. The summed E-state index contributed by atoms with van der Waals surface area (Å²) in [6.07, 6.45) is 2.49. The second-order valence-corrected chi connectivity index (χ2v) is 9.56. The Balaban J connectivity index is 1.63. The van der Waals surface area contributed by atoms with E-state index >= 15 is 0 Å². The van der Waals surface area contributed by atoms with Gasteiger partial charge >= 0.3 is 6.03 Å². The van der Waals surface area contributed by atoms with Gasteiger partial charge < -0.3 is 26.9 Å². The fourth-order valence-corrected chi connectivity index (χ4v) is 5.28. The molecule has 168 valence electrons. The van der Waals surface area contributed by atoms with Gasteiger partial charge in [0.05, 0.1) is 12.1 Å². The number of fused-ring (bicyclic) bond motifs is 1. The Morgan fingerprint density at radius 3 is 2.37 bits per heavy atom. The second kappa shape index (κ2) is 11.0. The Morgan fingerprint density at radius 2 is 1.67 bits per heavy atom. The van der Waals surface area contributed by atoms with Crippen LogP contribution in [0.2, 0.25) is 0 Å². The molecule has 0 aromatic carbocycles. The van der Waals surface area contributed by atoms with Crippen LogP contribution in [-0.2, 0) is 19.2 Å². The van der Waals surface area contributed by atoms with Gasteiger partial charge in [-0.15, -0.1) is 0 Å². The average Bonchev–Trinajstić information content (AvgIpc) is 3.20. The zero-order chi connectivity index (χ0) is 22.3. The number of hydrogen-bond donors (Lipinski definition) is 4. The highest BCUT2D eigenvalue weighted by molar-refractivity contribution is 8.00. The summed E-state index contributed by atoms with van der Waals surface area (Å²) in [7, 11) is 0. The molecule has 2 saturated heterocycles. The summed E-state index contributed by atoms with van der Waals surface area (Å²) in [5.41, 5.74) is 10.0. The zero-order valence-corrected chi connectivity index (χ0v) is 18.2. The van der Waals surface area contributed by atoms with Gasteiger partial charge in [-0.05, 0) is 19.8 Å². The summed E-state index contributed by atoms with van der Waals surface area (Å²) >= 11 is 1.82. The first kappa shape index (κ1) is 24.5. The molecule has 0 aromatic heterocycles. The number of nitrogens with one attached hydrogen (secondary N) is 2. The first-order chi connectivity index (χ1) is 14.1. The molecular formula is C20H32N4O5S. The molecule has 2 amide bonds. The van der Waals surface area contributed by atoms with Gasteiger partial charge in [-0.3, -0.25) is 14.4 Å². The van der Waals surface area contributed by atoms with E-state index < -0.39 is 5.66 Å². The van der Waals surface area contributed by atoms with Crippen LogP contribution in [-0.4, -0.2) is 57.9 Å². The molecule has 0 unspecified atom stereocenters. The van der Waals surface area contributed by atoms with Gasteiger partial charge in [0, 0.05) is 49.5 Å². The lowest BCUT2D eigenvalue weighted by Gasteiger charge is -2.22. The van der Waals surface area contributed by atoms with Gasteiger partial charge in [0.1, 0.15) is 23.0 Å². The van der Waals surface area contributed by atoms with Crippen molar-refractivity contribution in [2.75, 3.05) is 5.75 Å². The first-order valence-corrected chi connectivity index (χ1v) is 11.5. The topological polar surface area (TPSA) is 161 Å². The van der Waals surface area contributed by atoms with E-state index in [-0.39, 0.29) is 79.8 Å². The van der Waals surface area contributed by atoms with Crippen LogP contribution >= 0.6 is 11.8 Å². The van der Waals surface area contributed by atoms with Crippen LogP contribution in [0.3, 0.4) is 0 Å². The predicted molar refractivity (Wildman–Crippen MR) is 114 cm³/mol. The highest BCUT2D eigenvalue weighted by Gasteiger charge is 2.42. The van der Waals surface area contributed by atoms with Crippen LogP contribution in [0.25, 0.3) is 0 Å². The number of ketones is 4. The van der Waals surface area contributed by atoms with E-state index in [9.17, 15) is 24.0 Å². The number of urea groups is 1. The molecule has 0 bridgehead atoms. The minimum Gasteiger partial charge on any atom is -0.332 e. The molecule has 0 aliphatic carbocycles. The molecule has 3 atom stereocenters. The SMILES string of the molecule is CC(=O)CCC(=O)CCC(=O)CC(N)(N)C(=O)CCCC[C@@H]1SC[C@@H]2NC(=O)N[C@@H]21. The lowest BCUT2D eigenvalue weighted by atomic mass is 9.93. The van der Waals surface area contributed by atoms with E-state index in [4.69, 9.17) is 11.5 Å². The zero-order valence-electron chi connectivity index (χ0n) is 17.4. The third-order valence-electron chi connectivity index (χ3n) is 5.53. The monoisotopic (exact) mass is 440 g/mol. The molecule has 10 heteroatoms. The van der Waals surface area contributed by atoms with Crippen LogP contribution in [0.15, 0.2) is 0 Å². The molecule has 0 spiro atoms. The molecule has 2 rings (SSSR count). The molecular weight excluding hydrogens is 408 g/mol. The van der Waals surface area contributed by atoms with Crippen molar-refractivity contribution in [1.29, 1.82) is 0 Å². The Kier molecular flexibility index (Phi) is 8.99. The number of nitrogens with two attached hydrogens (primary N) is 2. The maximum Gasteiger partial charge on any atom is 0.315 e. The summed E-state index contributed by atoms with van der Waals surface area (Å²) in [4.78, 5) is 58.4. The molecule has 2 fully saturated rings. The molecule has 2 aliphatic heterocycles. The van der Waals surface area contributed by atoms with Gasteiger partial charge in [-0.25, -0.2) is 4.79 Å². The number of amides is 2. The molecule has 9 nitrogen and oxygen atoms in total. The lowest BCUT2D eigenvalue weighted by molar-refractivity contribution is -0.130. The van der Waals surface area contributed by atoms with Crippen molar-refractivity contribution in [3.63, 3.8) is 0 Å². The van der Waals surface area contributed by atoms with E-state index in [0.717, 1.165) is 18.6 Å². The molecule has 2 aliphatic rings. The van der Waals surface area contributed by atoms with Crippen LogP contribution in [0.5, 0.6) is 0 Å². The van der Waals surface area contributed by atoms with Crippen LogP contribution in [0.1, 0.15) is 64.7 Å². The third-order valence-corrected chi connectivity index (χ3v) is 7.04. The standard InChI is InChI=1S/C20H32N4O5S/c1-12(25)6-7-13(26)8-9-14(27)10-20(21,22)17(28)5-3-2-4-16-18-15(11-30-16)23-19(29)24-18/h15-16,18H,2-11,21-22H2,1H3,(H2,23,24,29)/t15-,16-,18-/m0/s1. The van der Waals surface area contributed by atoms with Crippen molar-refractivity contribution in [2.24, 2.45) is 11.5 Å². The summed E-state index contributed by atoms with van der Waals surface area (Å²) in [6.45, 7) is 1.41. The van der Waals surface area contributed by atoms with E-state index in [1.54, 1.807) is 0 Å². The van der Waals surface area contributed by atoms with Crippen LogP contribution in [0.4, 0.5) is 4.79 Å². The summed E-state index contributed by atoms with van der Waals surface area (Å²) < 4.78 is 0. The van der Waals surface area contributed by atoms with Gasteiger partial charge in [0.25, 0.3) is 0 Å². The highest BCUT2D eigenvalue weighted by Crippen LogP contribution is 2.33. The third kappa shape index (κ3) is 7.48. The Hall–Kier alpha value is -1.78. The van der Waals surface area contributed by atoms with Gasteiger partial charge in [-0.2, -0.15) is 11.8 Å². The number of rotatable bonds is 14. The number of unbranched alkanes of at least 4 members (excludes halogenated alkanes) is 1. The molecule has 0 saturated carbocycles. The predicted octanol–water partition coefficient (Wildman–Crippen LogP) is 0.573. The van der Waals surface area contributed by atoms with E-state index in [2.05, 4.69) is 10.6 Å².